The van der Waals surface area contributed by atoms with Crippen molar-refractivity contribution in [1.29, 1.82) is 0 Å². The van der Waals surface area contributed by atoms with Gasteiger partial charge in [-0.1, -0.05) is 18.2 Å². The highest BCUT2D eigenvalue weighted by molar-refractivity contribution is 5.85. The van der Waals surface area contributed by atoms with Crippen LogP contribution in [0.1, 0.15) is 11.5 Å². The molecule has 130 valence electrons. The molecule has 0 atom stereocenters. The Kier molecular flexibility index (Phi) is 4.10. The minimum Gasteiger partial charge on any atom is -0.467 e. The summed E-state index contributed by atoms with van der Waals surface area (Å²) in [6.07, 6.45) is 3.02. The highest BCUT2D eigenvalue weighted by atomic mass is 16.5. The number of fused-ring (bicyclic) bond motifs is 1. The van der Waals surface area contributed by atoms with Crippen molar-refractivity contribution in [3.63, 3.8) is 0 Å². The van der Waals surface area contributed by atoms with E-state index in [9.17, 15) is 0 Å². The van der Waals surface area contributed by atoms with Crippen molar-refractivity contribution in [1.82, 2.24) is 15.0 Å². The molecule has 0 spiro atoms. The lowest BCUT2D eigenvalue weighted by Crippen LogP contribution is -2.06. The first-order chi connectivity index (χ1) is 12.7. The summed E-state index contributed by atoms with van der Waals surface area (Å²) in [4.78, 5) is 12.9. The maximum Gasteiger partial charge on any atom is 0.248 e. The van der Waals surface area contributed by atoms with Gasteiger partial charge in [0.25, 0.3) is 0 Å². The highest BCUT2D eigenvalue weighted by Crippen LogP contribution is 2.32. The number of furan rings is 1. The Morgan fingerprint density at radius 3 is 2.88 bits per heavy atom. The molecular weight excluding hydrogens is 330 g/mol. The molecule has 0 unspecified atom stereocenters. The lowest BCUT2D eigenvalue weighted by molar-refractivity contribution is 0.468. The number of nitrogen functional groups attached to an aromatic ring is 1. The quantitative estimate of drug-likeness (QED) is 0.564. The second kappa shape index (κ2) is 6.72. The summed E-state index contributed by atoms with van der Waals surface area (Å²) in [5.74, 6) is 2.13. The van der Waals surface area contributed by atoms with Crippen molar-refractivity contribution in [2.75, 3.05) is 11.1 Å². The van der Waals surface area contributed by atoms with Crippen LogP contribution in [-0.4, -0.2) is 15.0 Å². The molecule has 3 heterocycles. The van der Waals surface area contributed by atoms with E-state index in [0.29, 0.717) is 23.8 Å². The molecule has 4 rings (SSSR count). The van der Waals surface area contributed by atoms with Gasteiger partial charge < -0.3 is 20.2 Å². The topological polar surface area (TPSA) is 99.1 Å². The van der Waals surface area contributed by atoms with E-state index in [4.69, 9.17) is 14.9 Å². The molecular formula is C19H17N5O2. The average molecular weight is 347 g/mol. The van der Waals surface area contributed by atoms with Gasteiger partial charge in [-0.15, -0.1) is 0 Å². The van der Waals surface area contributed by atoms with Gasteiger partial charge in [-0.05, 0) is 31.2 Å². The van der Waals surface area contributed by atoms with Gasteiger partial charge in [0.2, 0.25) is 5.88 Å². The molecule has 0 radical (unpaired) electrons. The van der Waals surface area contributed by atoms with Gasteiger partial charge >= 0.3 is 0 Å². The van der Waals surface area contributed by atoms with Crippen LogP contribution < -0.4 is 15.8 Å². The fourth-order valence-electron chi connectivity index (χ4n) is 2.59. The van der Waals surface area contributed by atoms with E-state index in [1.807, 2.05) is 49.4 Å². The number of nitrogens with zero attached hydrogens (tertiary/aromatic N) is 3. The maximum atomic E-state index is 6.18. The van der Waals surface area contributed by atoms with E-state index in [2.05, 4.69) is 20.3 Å². The first-order valence-corrected chi connectivity index (χ1v) is 8.11. The van der Waals surface area contributed by atoms with Gasteiger partial charge in [-0.2, -0.15) is 4.98 Å². The van der Waals surface area contributed by atoms with Crippen LogP contribution in [0.25, 0.3) is 10.9 Å². The number of hydrogen-bond acceptors (Lipinski definition) is 7. The number of ether oxygens (including phenoxy) is 1. The third kappa shape index (κ3) is 3.14. The zero-order valence-corrected chi connectivity index (χ0v) is 14.1. The normalized spacial score (nSPS) is 10.8. The third-order valence-electron chi connectivity index (χ3n) is 3.89. The second-order valence-electron chi connectivity index (χ2n) is 5.76. The summed E-state index contributed by atoms with van der Waals surface area (Å²) < 4.78 is 11.2. The number of aromatic nitrogens is 3. The van der Waals surface area contributed by atoms with Crippen molar-refractivity contribution in [3.05, 3.63) is 66.5 Å². The molecule has 0 aliphatic carbocycles. The molecule has 3 aromatic heterocycles. The number of nitrogens with two attached hydrogens (primary N) is 1. The first-order valence-electron chi connectivity index (χ1n) is 8.11. The van der Waals surface area contributed by atoms with Crippen molar-refractivity contribution >= 4 is 22.4 Å². The predicted octanol–water partition coefficient (Wildman–Crippen LogP) is 3.91. The molecule has 0 fully saturated rings. The van der Waals surface area contributed by atoms with Crippen LogP contribution in [0.15, 0.2) is 59.5 Å². The lowest BCUT2D eigenvalue weighted by Gasteiger charge is -2.12. The average Bonchev–Trinajstić information content (AvgIpc) is 3.16. The largest absolute Gasteiger partial charge is 0.467 e. The minimum atomic E-state index is 0.276. The first kappa shape index (κ1) is 15.9. The van der Waals surface area contributed by atoms with Crippen molar-refractivity contribution < 1.29 is 9.15 Å². The number of pyridine rings is 1. The summed E-state index contributed by atoms with van der Waals surface area (Å²) in [6.45, 7) is 2.40. The SMILES string of the molecule is Cc1ccc2cccc(Oc3ncnc(NCc4ccco4)c3N)c2n1. The van der Waals surface area contributed by atoms with Gasteiger partial charge in [0.05, 0.1) is 12.8 Å². The fourth-order valence-corrected chi connectivity index (χ4v) is 2.59. The van der Waals surface area contributed by atoms with Gasteiger partial charge in [-0.25, -0.2) is 9.97 Å². The van der Waals surface area contributed by atoms with Crippen LogP contribution in [0.5, 0.6) is 11.6 Å². The molecule has 0 bridgehead atoms. The Bertz CT molecular complexity index is 1050. The number of aryl methyl sites for hydroxylation is 1. The van der Waals surface area contributed by atoms with Crippen LogP contribution in [0.3, 0.4) is 0 Å². The van der Waals surface area contributed by atoms with Gasteiger partial charge in [0, 0.05) is 11.1 Å². The molecule has 7 nitrogen and oxygen atoms in total. The van der Waals surface area contributed by atoms with Crippen LogP contribution in [-0.2, 0) is 6.54 Å². The molecule has 4 aromatic rings. The molecule has 3 N–H and O–H groups in total. The summed E-state index contributed by atoms with van der Waals surface area (Å²) in [7, 11) is 0. The Labute approximate surface area is 149 Å². The van der Waals surface area contributed by atoms with Crippen molar-refractivity contribution in [2.45, 2.75) is 13.5 Å². The molecule has 0 saturated carbocycles. The Morgan fingerprint density at radius 1 is 1.12 bits per heavy atom. The van der Waals surface area contributed by atoms with E-state index >= 15 is 0 Å². The molecule has 0 aliphatic rings. The number of nitrogens with one attached hydrogen (secondary N) is 1. The van der Waals surface area contributed by atoms with Gasteiger partial charge in [-0.3, -0.25) is 0 Å². The lowest BCUT2D eigenvalue weighted by atomic mass is 10.2. The van der Waals surface area contributed by atoms with Gasteiger partial charge in [0.15, 0.2) is 11.6 Å². The Balaban J connectivity index is 1.63. The number of anilines is 2. The second-order valence-corrected chi connectivity index (χ2v) is 5.76. The fraction of sp³-hybridized carbons (Fsp3) is 0.105. The standard InChI is InChI=1S/C19H17N5O2/c1-12-7-8-13-4-2-6-15(17(13)24-12)26-19-16(20)18(22-11-23-19)21-10-14-5-3-9-25-14/h2-9,11H,10,20H2,1H3,(H,21,22,23). The van der Waals surface area contributed by atoms with Crippen LogP contribution in [0, 0.1) is 6.92 Å². The number of hydrogen-bond donors (Lipinski definition) is 2. The monoisotopic (exact) mass is 347 g/mol. The molecule has 1 aromatic carbocycles. The molecule has 0 amide bonds. The number of para-hydroxylation sites is 1. The number of rotatable bonds is 5. The molecule has 0 saturated heterocycles. The summed E-state index contributed by atoms with van der Waals surface area (Å²) in [5.41, 5.74) is 8.17. The van der Waals surface area contributed by atoms with Crippen molar-refractivity contribution in [3.8, 4) is 11.6 Å². The van der Waals surface area contributed by atoms with E-state index < -0.39 is 0 Å². The Hall–Kier alpha value is -3.61. The van der Waals surface area contributed by atoms with E-state index in [1.165, 1.54) is 6.33 Å². The highest BCUT2D eigenvalue weighted by Gasteiger charge is 2.13. The molecule has 26 heavy (non-hydrogen) atoms. The van der Waals surface area contributed by atoms with Crippen LogP contribution >= 0.6 is 0 Å². The summed E-state index contributed by atoms with van der Waals surface area (Å²) in [5, 5.41) is 4.11. The third-order valence-corrected chi connectivity index (χ3v) is 3.89. The minimum absolute atomic E-state index is 0.276. The summed E-state index contributed by atoms with van der Waals surface area (Å²) >= 11 is 0. The summed E-state index contributed by atoms with van der Waals surface area (Å²) in [6, 6.07) is 13.4. The number of benzene rings is 1. The maximum absolute atomic E-state index is 6.18. The predicted molar refractivity (Wildman–Crippen MR) is 99.0 cm³/mol. The van der Waals surface area contributed by atoms with E-state index in [1.54, 1.807) is 6.26 Å². The zero-order valence-electron chi connectivity index (χ0n) is 14.1. The van der Waals surface area contributed by atoms with E-state index in [0.717, 1.165) is 22.4 Å². The van der Waals surface area contributed by atoms with Gasteiger partial charge in [0.1, 0.15) is 23.3 Å². The Morgan fingerprint density at radius 2 is 2.04 bits per heavy atom. The smallest absolute Gasteiger partial charge is 0.248 e. The van der Waals surface area contributed by atoms with Crippen LogP contribution in [0.4, 0.5) is 11.5 Å². The van der Waals surface area contributed by atoms with Crippen molar-refractivity contribution in [2.24, 2.45) is 0 Å². The van der Waals surface area contributed by atoms with Crippen LogP contribution in [0.2, 0.25) is 0 Å². The zero-order chi connectivity index (χ0) is 17.9. The molecule has 0 aliphatic heterocycles. The molecule has 7 heteroatoms. The van der Waals surface area contributed by atoms with E-state index in [-0.39, 0.29) is 5.88 Å².